The van der Waals surface area contributed by atoms with Crippen molar-refractivity contribution in [3.05, 3.63) is 21.9 Å². The fourth-order valence-electron chi connectivity index (χ4n) is 2.97. The zero-order valence-electron chi connectivity index (χ0n) is 13.9. The number of nitrogens with zero attached hydrogens (tertiary/aromatic N) is 2. The molecule has 1 aromatic heterocycles. The topological polar surface area (TPSA) is 66.0 Å². The molecule has 6 nitrogen and oxygen atoms in total. The van der Waals surface area contributed by atoms with E-state index in [4.69, 9.17) is 4.74 Å². The molecule has 1 saturated heterocycles. The first-order valence-electron chi connectivity index (χ1n) is 8.15. The highest BCUT2D eigenvalue weighted by atomic mass is 127. The molecule has 8 heteroatoms. The van der Waals surface area contributed by atoms with Crippen LogP contribution >= 0.6 is 35.3 Å². The number of ether oxygens (including phenoxy) is 1. The van der Waals surface area contributed by atoms with Gasteiger partial charge in [0.2, 0.25) is 5.91 Å². The fraction of sp³-hybridized carbons (Fsp3) is 0.625. The third kappa shape index (κ3) is 5.06. The lowest BCUT2D eigenvalue weighted by Gasteiger charge is -2.27. The molecule has 0 aromatic carbocycles. The number of rotatable bonds is 4. The number of guanidine groups is 1. The van der Waals surface area contributed by atoms with Gasteiger partial charge in [-0.1, -0.05) is 0 Å². The van der Waals surface area contributed by atoms with Gasteiger partial charge < -0.3 is 20.3 Å². The maximum atomic E-state index is 12.4. The highest BCUT2D eigenvalue weighted by Gasteiger charge is 2.21. The van der Waals surface area contributed by atoms with E-state index in [-0.39, 0.29) is 42.5 Å². The second-order valence-electron chi connectivity index (χ2n) is 5.88. The van der Waals surface area contributed by atoms with E-state index in [1.807, 2.05) is 4.90 Å². The van der Waals surface area contributed by atoms with Crippen LogP contribution in [0.5, 0.6) is 0 Å². The maximum Gasteiger partial charge on any atom is 0.242 e. The molecule has 3 rings (SSSR count). The van der Waals surface area contributed by atoms with E-state index < -0.39 is 0 Å². The van der Waals surface area contributed by atoms with E-state index in [1.54, 1.807) is 18.4 Å². The number of hydrogen-bond donors (Lipinski definition) is 2. The number of amides is 1. The summed E-state index contributed by atoms with van der Waals surface area (Å²) in [6, 6.07) is 2.12. The average molecular weight is 464 g/mol. The van der Waals surface area contributed by atoms with Crippen LogP contribution in [0.15, 0.2) is 16.4 Å². The van der Waals surface area contributed by atoms with Gasteiger partial charge in [-0.15, -0.1) is 35.3 Å². The number of fused-ring (bicyclic) bond motifs is 1. The van der Waals surface area contributed by atoms with Crippen LogP contribution in [0.2, 0.25) is 0 Å². The standard InChI is InChI=1S/C16H24N4O2S.HI/c1-17-16(18-9-13-3-2-7-22-13)19-10-15(21)20-6-4-14-12(11-20)5-8-23-14;/h5,8,13H,2-4,6-7,9-11H2,1H3,(H2,17,18,19);1H. The molecule has 0 bridgehead atoms. The number of carbonyl (C=O) groups excluding carboxylic acids is 1. The van der Waals surface area contributed by atoms with Gasteiger partial charge in [-0.25, -0.2) is 0 Å². The largest absolute Gasteiger partial charge is 0.376 e. The molecule has 1 fully saturated rings. The van der Waals surface area contributed by atoms with E-state index >= 15 is 0 Å². The van der Waals surface area contributed by atoms with Gasteiger partial charge >= 0.3 is 0 Å². The molecule has 2 aliphatic heterocycles. The smallest absolute Gasteiger partial charge is 0.242 e. The first-order valence-corrected chi connectivity index (χ1v) is 9.03. The summed E-state index contributed by atoms with van der Waals surface area (Å²) in [5, 5.41) is 8.43. The first kappa shape index (κ1) is 19.5. The molecule has 3 heterocycles. The van der Waals surface area contributed by atoms with Crippen molar-refractivity contribution in [3.8, 4) is 0 Å². The average Bonchev–Trinajstić information content (AvgIpc) is 3.25. The summed E-state index contributed by atoms with van der Waals surface area (Å²) in [4.78, 5) is 19.9. The number of nitrogens with one attached hydrogen (secondary N) is 2. The Bertz CT molecular complexity index is 572. The third-order valence-electron chi connectivity index (χ3n) is 4.31. The summed E-state index contributed by atoms with van der Waals surface area (Å²) < 4.78 is 5.57. The van der Waals surface area contributed by atoms with Crippen LogP contribution in [0.1, 0.15) is 23.3 Å². The molecular formula is C16H25IN4O2S. The molecule has 1 aromatic rings. The normalized spacial score (nSPS) is 20.3. The van der Waals surface area contributed by atoms with Crippen LogP contribution in [0.3, 0.4) is 0 Å². The minimum atomic E-state index is 0. The van der Waals surface area contributed by atoms with Crippen molar-refractivity contribution in [3.63, 3.8) is 0 Å². The molecule has 2 aliphatic rings. The van der Waals surface area contributed by atoms with E-state index in [0.717, 1.165) is 45.5 Å². The lowest BCUT2D eigenvalue weighted by Crippen LogP contribution is -2.47. The number of halogens is 1. The summed E-state index contributed by atoms with van der Waals surface area (Å²) in [6.45, 7) is 3.37. The monoisotopic (exact) mass is 464 g/mol. The van der Waals surface area contributed by atoms with Gasteiger partial charge in [-0.05, 0) is 36.3 Å². The SMILES string of the molecule is CN=C(NCC(=O)N1CCc2sccc2C1)NCC1CCCO1.I. The van der Waals surface area contributed by atoms with Crippen molar-refractivity contribution in [2.24, 2.45) is 4.99 Å². The molecule has 2 N–H and O–H groups in total. The van der Waals surface area contributed by atoms with Crippen LogP contribution in [0.4, 0.5) is 0 Å². The molecule has 0 spiro atoms. The van der Waals surface area contributed by atoms with Gasteiger partial charge in [-0.3, -0.25) is 9.79 Å². The predicted molar refractivity (Wildman–Crippen MR) is 107 cm³/mol. The number of aliphatic imine (C=N–C) groups is 1. The molecule has 0 radical (unpaired) electrons. The number of carbonyl (C=O) groups is 1. The Kier molecular flexibility index (Phi) is 7.76. The third-order valence-corrected chi connectivity index (χ3v) is 5.34. The van der Waals surface area contributed by atoms with Crippen molar-refractivity contribution >= 4 is 47.2 Å². The molecule has 0 saturated carbocycles. The zero-order valence-corrected chi connectivity index (χ0v) is 17.1. The van der Waals surface area contributed by atoms with Crippen molar-refractivity contribution < 1.29 is 9.53 Å². The molecule has 24 heavy (non-hydrogen) atoms. The maximum absolute atomic E-state index is 12.4. The molecule has 1 unspecified atom stereocenters. The van der Waals surface area contributed by atoms with Gasteiger partial charge in [0.15, 0.2) is 5.96 Å². The Morgan fingerprint density at radius 2 is 2.38 bits per heavy atom. The highest BCUT2D eigenvalue weighted by Crippen LogP contribution is 2.23. The highest BCUT2D eigenvalue weighted by molar-refractivity contribution is 14.0. The van der Waals surface area contributed by atoms with Gasteiger partial charge in [0.1, 0.15) is 0 Å². The summed E-state index contributed by atoms with van der Waals surface area (Å²) in [6.07, 6.45) is 3.42. The van der Waals surface area contributed by atoms with Gasteiger partial charge in [0.05, 0.1) is 12.6 Å². The van der Waals surface area contributed by atoms with Crippen LogP contribution in [-0.4, -0.2) is 56.2 Å². The van der Waals surface area contributed by atoms with Crippen LogP contribution in [-0.2, 0) is 22.5 Å². The summed E-state index contributed by atoms with van der Waals surface area (Å²) in [5.41, 5.74) is 1.29. The Morgan fingerprint density at radius 3 is 3.12 bits per heavy atom. The zero-order chi connectivity index (χ0) is 16.1. The molecule has 1 atom stereocenters. The lowest BCUT2D eigenvalue weighted by atomic mass is 10.1. The van der Waals surface area contributed by atoms with Crippen molar-refractivity contribution in [2.45, 2.75) is 31.9 Å². The quantitative estimate of drug-likeness (QED) is 0.404. The van der Waals surface area contributed by atoms with E-state index in [2.05, 4.69) is 27.1 Å². The van der Waals surface area contributed by atoms with Crippen molar-refractivity contribution in [2.75, 3.05) is 33.3 Å². The minimum Gasteiger partial charge on any atom is -0.376 e. The van der Waals surface area contributed by atoms with E-state index in [1.165, 1.54) is 10.4 Å². The summed E-state index contributed by atoms with van der Waals surface area (Å²) >= 11 is 1.79. The second-order valence-corrected chi connectivity index (χ2v) is 6.88. The van der Waals surface area contributed by atoms with Crippen molar-refractivity contribution in [1.82, 2.24) is 15.5 Å². The van der Waals surface area contributed by atoms with Crippen molar-refractivity contribution in [1.29, 1.82) is 0 Å². The number of thiophene rings is 1. The summed E-state index contributed by atoms with van der Waals surface area (Å²) in [5.74, 6) is 0.768. The molecule has 1 amide bonds. The van der Waals surface area contributed by atoms with Crippen LogP contribution < -0.4 is 10.6 Å². The Labute approximate surface area is 164 Å². The van der Waals surface area contributed by atoms with Crippen LogP contribution in [0, 0.1) is 0 Å². The Hall–Kier alpha value is -0.870. The van der Waals surface area contributed by atoms with Gasteiger partial charge in [0.25, 0.3) is 0 Å². The van der Waals surface area contributed by atoms with E-state index in [9.17, 15) is 4.79 Å². The van der Waals surface area contributed by atoms with E-state index in [0.29, 0.717) is 5.96 Å². The van der Waals surface area contributed by atoms with Gasteiger partial charge in [-0.2, -0.15) is 0 Å². The Morgan fingerprint density at radius 1 is 1.50 bits per heavy atom. The first-order chi connectivity index (χ1) is 11.3. The predicted octanol–water partition coefficient (Wildman–Crippen LogP) is 1.59. The lowest BCUT2D eigenvalue weighted by molar-refractivity contribution is -0.130. The molecule has 134 valence electrons. The second kappa shape index (κ2) is 9.57. The summed E-state index contributed by atoms with van der Waals surface area (Å²) in [7, 11) is 1.72. The molecular weight excluding hydrogens is 439 g/mol. The van der Waals surface area contributed by atoms with Gasteiger partial charge in [0, 0.05) is 38.2 Å². The number of hydrogen-bond acceptors (Lipinski definition) is 4. The molecule has 0 aliphatic carbocycles. The minimum absolute atomic E-state index is 0. The van der Waals surface area contributed by atoms with Crippen LogP contribution in [0.25, 0.3) is 0 Å². The Balaban J connectivity index is 0.00000208. The fourth-order valence-corrected chi connectivity index (χ4v) is 3.86.